The van der Waals surface area contributed by atoms with Crippen molar-refractivity contribution < 1.29 is 9.53 Å². The summed E-state index contributed by atoms with van der Waals surface area (Å²) in [6.45, 7) is 8.70. The van der Waals surface area contributed by atoms with Crippen molar-refractivity contribution in [3.8, 4) is 0 Å². The number of guanidine groups is 1. The summed E-state index contributed by atoms with van der Waals surface area (Å²) in [5.74, 6) is 1.97. The molecule has 25 heavy (non-hydrogen) atoms. The van der Waals surface area contributed by atoms with E-state index in [1.807, 2.05) is 11.8 Å². The number of thioether (sulfide) groups is 1. The van der Waals surface area contributed by atoms with E-state index in [9.17, 15) is 4.79 Å². The summed E-state index contributed by atoms with van der Waals surface area (Å²) < 4.78 is 5.64. The summed E-state index contributed by atoms with van der Waals surface area (Å²) >= 11 is 2.02. The molecule has 2 fully saturated rings. The highest BCUT2D eigenvalue weighted by Crippen LogP contribution is 2.36. The molecule has 144 valence electrons. The van der Waals surface area contributed by atoms with Crippen LogP contribution in [0.1, 0.15) is 19.8 Å². The number of hydrogen-bond donors (Lipinski definition) is 2. The first kappa shape index (κ1) is 20.3. The standard InChI is InChI=1S/C17H33N5O2S/c1-17(5-4-12-25-17)14-20-16(19-13-15(23)21(2)3)18-6-7-22-8-10-24-11-9-22/h4-14H2,1-3H3,(H2,18,19,20). The van der Waals surface area contributed by atoms with Crippen LogP contribution in [0.5, 0.6) is 0 Å². The molecule has 1 unspecified atom stereocenters. The quantitative estimate of drug-likeness (QED) is 0.493. The lowest BCUT2D eigenvalue weighted by Crippen LogP contribution is -2.47. The van der Waals surface area contributed by atoms with E-state index in [0.29, 0.717) is 0 Å². The number of hydrogen-bond acceptors (Lipinski definition) is 5. The molecular weight excluding hydrogens is 338 g/mol. The maximum Gasteiger partial charge on any atom is 0.243 e. The summed E-state index contributed by atoms with van der Waals surface area (Å²) in [7, 11) is 3.51. The first-order valence-corrected chi connectivity index (χ1v) is 10.1. The molecule has 1 amide bonds. The smallest absolute Gasteiger partial charge is 0.243 e. The predicted molar refractivity (Wildman–Crippen MR) is 104 cm³/mol. The summed E-state index contributed by atoms with van der Waals surface area (Å²) in [5, 5.41) is 6.82. The Hall–Kier alpha value is -0.990. The number of nitrogens with zero attached hydrogens (tertiary/aromatic N) is 3. The van der Waals surface area contributed by atoms with Crippen molar-refractivity contribution in [1.29, 1.82) is 0 Å². The predicted octanol–water partition coefficient (Wildman–Crippen LogP) is 0.228. The third kappa shape index (κ3) is 7.42. The van der Waals surface area contributed by atoms with Crippen LogP contribution in [0.25, 0.3) is 0 Å². The summed E-state index contributed by atoms with van der Waals surface area (Å²) in [5.41, 5.74) is 0. The van der Waals surface area contributed by atoms with Crippen molar-refractivity contribution in [2.75, 3.05) is 72.3 Å². The Bertz CT molecular complexity index is 446. The van der Waals surface area contributed by atoms with Gasteiger partial charge < -0.3 is 20.3 Å². The third-order valence-corrected chi connectivity index (χ3v) is 6.16. The fraction of sp³-hybridized carbons (Fsp3) is 0.882. The second-order valence-electron chi connectivity index (χ2n) is 7.09. The number of aliphatic imine (C=N–C) groups is 1. The van der Waals surface area contributed by atoms with Crippen LogP contribution >= 0.6 is 11.8 Å². The molecule has 0 aromatic heterocycles. The lowest BCUT2D eigenvalue weighted by molar-refractivity contribution is -0.127. The minimum absolute atomic E-state index is 0.00994. The lowest BCUT2D eigenvalue weighted by atomic mass is 10.1. The van der Waals surface area contributed by atoms with E-state index < -0.39 is 0 Å². The number of morpholine rings is 1. The zero-order valence-corrected chi connectivity index (χ0v) is 16.7. The first-order chi connectivity index (χ1) is 12.0. The molecular formula is C17H33N5O2S. The molecule has 2 rings (SSSR count). The maximum atomic E-state index is 11.8. The number of likely N-dealkylation sites (N-methyl/N-ethyl adjacent to an activating group) is 1. The van der Waals surface area contributed by atoms with Crippen LogP contribution < -0.4 is 10.6 Å². The number of amides is 1. The van der Waals surface area contributed by atoms with Crippen molar-refractivity contribution in [3.63, 3.8) is 0 Å². The van der Waals surface area contributed by atoms with Crippen LogP contribution in [-0.2, 0) is 9.53 Å². The van der Waals surface area contributed by atoms with Gasteiger partial charge in [-0.1, -0.05) is 0 Å². The summed E-state index contributed by atoms with van der Waals surface area (Å²) in [6, 6.07) is 0. The third-order valence-electron chi connectivity index (χ3n) is 4.63. The van der Waals surface area contributed by atoms with Crippen LogP contribution in [-0.4, -0.2) is 98.7 Å². The van der Waals surface area contributed by atoms with E-state index in [1.165, 1.54) is 18.6 Å². The van der Waals surface area contributed by atoms with E-state index in [4.69, 9.17) is 4.74 Å². The second-order valence-corrected chi connectivity index (χ2v) is 8.77. The number of carbonyl (C=O) groups excluding carboxylic acids is 1. The van der Waals surface area contributed by atoms with Gasteiger partial charge in [-0.2, -0.15) is 11.8 Å². The monoisotopic (exact) mass is 371 g/mol. The number of ether oxygens (including phenoxy) is 1. The molecule has 8 heteroatoms. The van der Waals surface area contributed by atoms with Crippen LogP contribution in [0, 0.1) is 0 Å². The molecule has 2 aliphatic rings. The van der Waals surface area contributed by atoms with Crippen LogP contribution in [0.2, 0.25) is 0 Å². The van der Waals surface area contributed by atoms with Gasteiger partial charge in [0.2, 0.25) is 5.91 Å². The molecule has 1 atom stereocenters. The van der Waals surface area contributed by atoms with Gasteiger partial charge >= 0.3 is 0 Å². The molecule has 2 heterocycles. The fourth-order valence-corrected chi connectivity index (χ4v) is 4.11. The van der Waals surface area contributed by atoms with Gasteiger partial charge in [-0.15, -0.1) is 0 Å². The van der Waals surface area contributed by atoms with Gasteiger partial charge in [0.05, 0.1) is 13.2 Å². The van der Waals surface area contributed by atoms with E-state index in [2.05, 4.69) is 27.4 Å². The molecule has 2 saturated heterocycles. The molecule has 2 aliphatic heterocycles. The van der Waals surface area contributed by atoms with Crippen molar-refractivity contribution in [3.05, 3.63) is 0 Å². The van der Waals surface area contributed by atoms with E-state index in [-0.39, 0.29) is 17.2 Å². The van der Waals surface area contributed by atoms with Crippen molar-refractivity contribution >= 4 is 23.6 Å². The number of rotatable bonds is 7. The van der Waals surface area contributed by atoms with Gasteiger partial charge in [0.15, 0.2) is 5.96 Å². The second kappa shape index (κ2) is 10.2. The van der Waals surface area contributed by atoms with Gasteiger partial charge in [-0.25, -0.2) is 4.99 Å². The molecule has 0 aromatic rings. The highest BCUT2D eigenvalue weighted by Gasteiger charge is 2.29. The molecule has 0 aromatic carbocycles. The Labute approximate surface area is 155 Å². The molecule has 2 N–H and O–H groups in total. The van der Waals surface area contributed by atoms with Crippen LogP contribution in [0.15, 0.2) is 4.99 Å². The Morgan fingerprint density at radius 2 is 2.08 bits per heavy atom. The minimum Gasteiger partial charge on any atom is -0.379 e. The lowest BCUT2D eigenvalue weighted by Gasteiger charge is -2.27. The molecule has 0 aliphatic carbocycles. The van der Waals surface area contributed by atoms with Gasteiger partial charge in [0.25, 0.3) is 0 Å². The largest absolute Gasteiger partial charge is 0.379 e. The zero-order chi connectivity index (χ0) is 18.1. The van der Waals surface area contributed by atoms with Gasteiger partial charge in [0.1, 0.15) is 6.54 Å². The Kier molecular flexibility index (Phi) is 8.32. The average molecular weight is 372 g/mol. The zero-order valence-electron chi connectivity index (χ0n) is 15.8. The molecule has 0 saturated carbocycles. The average Bonchev–Trinajstić information content (AvgIpc) is 3.04. The maximum absolute atomic E-state index is 11.8. The Morgan fingerprint density at radius 1 is 1.32 bits per heavy atom. The van der Waals surface area contributed by atoms with Gasteiger partial charge in [-0.3, -0.25) is 9.69 Å². The first-order valence-electron chi connectivity index (χ1n) is 9.15. The van der Waals surface area contributed by atoms with Gasteiger partial charge in [-0.05, 0) is 25.5 Å². The number of carbonyl (C=O) groups is 1. The molecule has 7 nitrogen and oxygen atoms in total. The SMILES string of the molecule is CN(C)C(=O)CN=C(NCCN1CCOCC1)NCC1(C)CCCS1. The van der Waals surface area contributed by atoms with Crippen molar-refractivity contribution in [2.24, 2.45) is 4.99 Å². The minimum atomic E-state index is 0.00994. The summed E-state index contributed by atoms with van der Waals surface area (Å²) in [6.07, 6.45) is 2.50. The van der Waals surface area contributed by atoms with Crippen LogP contribution in [0.4, 0.5) is 0 Å². The molecule has 0 spiro atoms. The Balaban J connectivity index is 1.81. The fourth-order valence-electron chi connectivity index (χ4n) is 2.87. The van der Waals surface area contributed by atoms with E-state index in [1.54, 1.807) is 19.0 Å². The summed E-state index contributed by atoms with van der Waals surface area (Å²) in [4.78, 5) is 20.3. The number of nitrogens with one attached hydrogen (secondary N) is 2. The highest BCUT2D eigenvalue weighted by atomic mass is 32.2. The van der Waals surface area contributed by atoms with Gasteiger partial charge in [0, 0.05) is 51.6 Å². The Morgan fingerprint density at radius 3 is 2.72 bits per heavy atom. The highest BCUT2D eigenvalue weighted by molar-refractivity contribution is 8.00. The van der Waals surface area contributed by atoms with Crippen molar-refractivity contribution in [2.45, 2.75) is 24.5 Å². The van der Waals surface area contributed by atoms with Crippen molar-refractivity contribution in [1.82, 2.24) is 20.4 Å². The normalized spacial score (nSPS) is 25.0. The molecule has 0 bridgehead atoms. The van der Waals surface area contributed by atoms with E-state index >= 15 is 0 Å². The topological polar surface area (TPSA) is 69.2 Å². The molecule has 0 radical (unpaired) electrons. The van der Waals surface area contributed by atoms with Crippen LogP contribution in [0.3, 0.4) is 0 Å². The van der Waals surface area contributed by atoms with E-state index in [0.717, 1.165) is 51.9 Å².